The molecule has 29 heavy (non-hydrogen) atoms. The first-order chi connectivity index (χ1) is 14.2. The van der Waals surface area contributed by atoms with Crippen molar-refractivity contribution in [3.8, 4) is 0 Å². The molecule has 0 radical (unpaired) electrons. The second kappa shape index (κ2) is 8.71. The lowest BCUT2D eigenvalue weighted by molar-refractivity contribution is 0.276. The van der Waals surface area contributed by atoms with Crippen LogP contribution in [0.15, 0.2) is 12.1 Å². The molecule has 1 aliphatic heterocycles. The largest absolute Gasteiger partial charge is 0.319 e. The standard InChI is InChI=1S/C27H42N2/c28-27(18-29-19-27)26-24(21-12-6-2-7-13-21)16-23(20-10-4-1-5-11-20)17-25(26)22-14-8-3-9-15-22/h16-17,20-22,29H,1-15,18-19,28H2. The highest BCUT2D eigenvalue weighted by Gasteiger charge is 2.41. The highest BCUT2D eigenvalue weighted by molar-refractivity contribution is 5.50. The molecule has 5 rings (SSSR count). The number of hydrogen-bond acceptors (Lipinski definition) is 2. The smallest absolute Gasteiger partial charge is 0.0667 e. The van der Waals surface area contributed by atoms with Crippen LogP contribution >= 0.6 is 0 Å². The number of benzene rings is 1. The van der Waals surface area contributed by atoms with E-state index >= 15 is 0 Å². The van der Waals surface area contributed by atoms with E-state index in [0.29, 0.717) is 0 Å². The minimum Gasteiger partial charge on any atom is -0.319 e. The van der Waals surface area contributed by atoms with E-state index < -0.39 is 0 Å². The molecule has 1 aromatic rings. The second-order valence-corrected chi connectivity index (χ2v) is 10.8. The monoisotopic (exact) mass is 394 g/mol. The van der Waals surface area contributed by atoms with Crippen LogP contribution in [0.4, 0.5) is 0 Å². The zero-order valence-electron chi connectivity index (χ0n) is 18.5. The van der Waals surface area contributed by atoms with Crippen LogP contribution in [0, 0.1) is 0 Å². The van der Waals surface area contributed by atoms with Gasteiger partial charge < -0.3 is 11.1 Å². The van der Waals surface area contributed by atoms with Crippen molar-refractivity contribution in [2.75, 3.05) is 13.1 Å². The van der Waals surface area contributed by atoms with Crippen LogP contribution in [0.2, 0.25) is 0 Å². The molecule has 0 atom stereocenters. The lowest BCUT2D eigenvalue weighted by atomic mass is 9.68. The third-order valence-electron chi connectivity index (χ3n) is 8.77. The van der Waals surface area contributed by atoms with Gasteiger partial charge in [-0.05, 0) is 78.5 Å². The molecule has 3 N–H and O–H groups in total. The third kappa shape index (κ3) is 4.04. The van der Waals surface area contributed by atoms with Gasteiger partial charge in [0.15, 0.2) is 0 Å². The molecule has 3 aliphatic carbocycles. The van der Waals surface area contributed by atoms with E-state index in [1.807, 2.05) is 0 Å². The number of hydrogen-bond donors (Lipinski definition) is 2. The second-order valence-electron chi connectivity index (χ2n) is 10.8. The molecule has 2 heteroatoms. The van der Waals surface area contributed by atoms with E-state index in [4.69, 9.17) is 5.73 Å². The van der Waals surface area contributed by atoms with Crippen molar-refractivity contribution >= 4 is 0 Å². The van der Waals surface area contributed by atoms with E-state index in [1.54, 1.807) is 22.3 Å². The summed E-state index contributed by atoms with van der Waals surface area (Å²) in [5.41, 5.74) is 13.7. The molecule has 0 aromatic heterocycles. The van der Waals surface area contributed by atoms with Gasteiger partial charge in [-0.25, -0.2) is 0 Å². The van der Waals surface area contributed by atoms with Crippen molar-refractivity contribution in [1.29, 1.82) is 0 Å². The van der Waals surface area contributed by atoms with Crippen LogP contribution in [0.5, 0.6) is 0 Å². The maximum atomic E-state index is 7.11. The lowest BCUT2D eigenvalue weighted by Gasteiger charge is -2.45. The molecule has 160 valence electrons. The minimum absolute atomic E-state index is 0.120. The van der Waals surface area contributed by atoms with Crippen LogP contribution in [0.1, 0.15) is 136 Å². The molecule has 0 bridgehead atoms. The summed E-state index contributed by atoms with van der Waals surface area (Å²) in [6, 6.07) is 5.36. The molecule has 2 nitrogen and oxygen atoms in total. The fourth-order valence-corrected chi connectivity index (χ4v) is 7.00. The van der Waals surface area contributed by atoms with Crippen molar-refractivity contribution in [2.24, 2.45) is 5.73 Å². The normalized spacial score (nSPS) is 26.9. The third-order valence-corrected chi connectivity index (χ3v) is 8.77. The zero-order chi connectivity index (χ0) is 19.7. The Morgan fingerprint density at radius 1 is 0.621 bits per heavy atom. The summed E-state index contributed by atoms with van der Waals surface area (Å²) in [6.07, 6.45) is 21.1. The lowest BCUT2D eigenvalue weighted by Crippen LogP contribution is -2.63. The maximum Gasteiger partial charge on any atom is 0.0667 e. The average molecular weight is 395 g/mol. The van der Waals surface area contributed by atoms with Gasteiger partial charge in [0.05, 0.1) is 5.54 Å². The molecular formula is C27H42N2. The maximum absolute atomic E-state index is 7.11. The fraction of sp³-hybridized carbons (Fsp3) is 0.778. The summed E-state index contributed by atoms with van der Waals surface area (Å²) in [4.78, 5) is 0. The summed E-state index contributed by atoms with van der Waals surface area (Å²) in [5.74, 6) is 2.31. The van der Waals surface area contributed by atoms with Crippen molar-refractivity contribution < 1.29 is 0 Å². The molecule has 4 fully saturated rings. The SMILES string of the molecule is NC1(c2c(C3CCCCC3)cc(C3CCCCC3)cc2C2CCCCC2)CNC1. The van der Waals surface area contributed by atoms with Gasteiger partial charge in [-0.3, -0.25) is 0 Å². The van der Waals surface area contributed by atoms with E-state index in [1.165, 1.54) is 96.3 Å². The fourth-order valence-electron chi connectivity index (χ4n) is 7.00. The van der Waals surface area contributed by atoms with Crippen molar-refractivity contribution in [3.05, 3.63) is 34.4 Å². The van der Waals surface area contributed by atoms with Gasteiger partial charge in [0.1, 0.15) is 0 Å². The van der Waals surface area contributed by atoms with Crippen molar-refractivity contribution in [2.45, 2.75) is 120 Å². The Kier molecular flexibility index (Phi) is 6.03. The van der Waals surface area contributed by atoms with E-state index in [9.17, 15) is 0 Å². The Bertz CT molecular complexity index is 647. The van der Waals surface area contributed by atoms with E-state index in [2.05, 4.69) is 17.4 Å². The molecule has 1 aromatic carbocycles. The molecule has 3 saturated carbocycles. The van der Waals surface area contributed by atoms with Gasteiger partial charge in [0.25, 0.3) is 0 Å². The Labute approximate surface area is 178 Å². The first-order valence-electron chi connectivity index (χ1n) is 12.9. The number of nitrogens with one attached hydrogen (secondary N) is 1. The van der Waals surface area contributed by atoms with Gasteiger partial charge in [-0.15, -0.1) is 0 Å². The average Bonchev–Trinajstić information content (AvgIpc) is 2.78. The molecule has 1 heterocycles. The van der Waals surface area contributed by atoms with Crippen LogP contribution in [-0.2, 0) is 5.54 Å². The van der Waals surface area contributed by atoms with Crippen LogP contribution in [-0.4, -0.2) is 13.1 Å². The van der Waals surface area contributed by atoms with Gasteiger partial charge in [-0.1, -0.05) is 69.9 Å². The minimum atomic E-state index is -0.120. The first kappa shape index (κ1) is 20.1. The molecule has 0 spiro atoms. The zero-order valence-corrected chi connectivity index (χ0v) is 18.5. The summed E-state index contributed by atoms with van der Waals surface area (Å²) in [5, 5.41) is 3.51. The summed E-state index contributed by atoms with van der Waals surface area (Å²) in [7, 11) is 0. The van der Waals surface area contributed by atoms with E-state index in [-0.39, 0.29) is 5.54 Å². The van der Waals surface area contributed by atoms with Crippen molar-refractivity contribution in [3.63, 3.8) is 0 Å². The topological polar surface area (TPSA) is 38.0 Å². The Morgan fingerprint density at radius 3 is 1.41 bits per heavy atom. The van der Waals surface area contributed by atoms with Crippen LogP contribution < -0.4 is 11.1 Å². The summed E-state index contributed by atoms with van der Waals surface area (Å²) < 4.78 is 0. The number of rotatable bonds is 4. The molecule has 0 amide bonds. The van der Waals surface area contributed by atoms with Gasteiger partial charge in [-0.2, -0.15) is 0 Å². The van der Waals surface area contributed by atoms with Crippen LogP contribution in [0.3, 0.4) is 0 Å². The van der Waals surface area contributed by atoms with Crippen LogP contribution in [0.25, 0.3) is 0 Å². The Hall–Kier alpha value is -0.860. The Balaban J connectivity index is 1.62. The van der Waals surface area contributed by atoms with E-state index in [0.717, 1.165) is 30.8 Å². The highest BCUT2D eigenvalue weighted by atomic mass is 15.1. The predicted molar refractivity (Wildman–Crippen MR) is 123 cm³/mol. The molecule has 4 aliphatic rings. The van der Waals surface area contributed by atoms with Crippen molar-refractivity contribution in [1.82, 2.24) is 5.32 Å². The predicted octanol–water partition coefficient (Wildman–Crippen LogP) is 6.59. The highest BCUT2D eigenvalue weighted by Crippen LogP contribution is 2.47. The Morgan fingerprint density at radius 2 is 1.03 bits per heavy atom. The molecular weight excluding hydrogens is 352 g/mol. The van der Waals surface area contributed by atoms with Gasteiger partial charge in [0.2, 0.25) is 0 Å². The molecule has 0 unspecified atom stereocenters. The quantitative estimate of drug-likeness (QED) is 0.605. The molecule has 1 saturated heterocycles. The van der Waals surface area contributed by atoms with Gasteiger partial charge in [0, 0.05) is 13.1 Å². The number of nitrogens with two attached hydrogens (primary N) is 1. The van der Waals surface area contributed by atoms with Gasteiger partial charge >= 0.3 is 0 Å². The summed E-state index contributed by atoms with van der Waals surface area (Å²) in [6.45, 7) is 1.93. The summed E-state index contributed by atoms with van der Waals surface area (Å²) >= 11 is 0. The first-order valence-corrected chi connectivity index (χ1v) is 12.9.